The van der Waals surface area contributed by atoms with Crippen molar-refractivity contribution in [1.82, 2.24) is 15.5 Å². The Morgan fingerprint density at radius 2 is 1.96 bits per heavy atom. The van der Waals surface area contributed by atoms with Crippen molar-refractivity contribution in [2.45, 2.75) is 26.4 Å². The van der Waals surface area contributed by atoms with Crippen LogP contribution in [0.25, 0.3) is 0 Å². The number of hydrogen-bond donors (Lipinski definition) is 2. The lowest BCUT2D eigenvalue weighted by atomic mass is 10.2. The number of rotatable bonds is 8. The minimum absolute atomic E-state index is 0. The summed E-state index contributed by atoms with van der Waals surface area (Å²) >= 11 is 0. The first-order valence-electron chi connectivity index (χ1n) is 9.23. The Kier molecular flexibility index (Phi) is 11.5. The zero-order valence-electron chi connectivity index (χ0n) is 16.8. The highest BCUT2D eigenvalue weighted by Gasteiger charge is 2.17. The first-order chi connectivity index (χ1) is 12.7. The molecular weight excluding hydrogens is 459 g/mol. The number of nitrogens with zero attached hydrogens (tertiary/aromatic N) is 2. The van der Waals surface area contributed by atoms with E-state index in [4.69, 9.17) is 19.2 Å². The lowest BCUT2D eigenvalue weighted by molar-refractivity contribution is 0.0211. The fraction of sp³-hybridized carbons (Fsp3) is 0.632. The van der Waals surface area contributed by atoms with Gasteiger partial charge in [-0.05, 0) is 19.9 Å². The molecule has 0 amide bonds. The Morgan fingerprint density at radius 3 is 2.59 bits per heavy atom. The van der Waals surface area contributed by atoms with Crippen LogP contribution in [0.4, 0.5) is 0 Å². The number of nitrogens with one attached hydrogen (secondary N) is 2. The highest BCUT2D eigenvalue weighted by molar-refractivity contribution is 14.0. The molecule has 0 aromatic heterocycles. The maximum absolute atomic E-state index is 5.48. The molecule has 27 heavy (non-hydrogen) atoms. The van der Waals surface area contributed by atoms with Crippen LogP contribution in [-0.2, 0) is 11.3 Å². The second-order valence-corrected chi connectivity index (χ2v) is 6.23. The molecule has 154 valence electrons. The normalized spacial score (nSPS) is 16.2. The van der Waals surface area contributed by atoms with Crippen LogP contribution in [0.3, 0.4) is 0 Å². The van der Waals surface area contributed by atoms with Crippen molar-refractivity contribution in [3.63, 3.8) is 0 Å². The van der Waals surface area contributed by atoms with E-state index in [0.29, 0.717) is 12.6 Å². The van der Waals surface area contributed by atoms with E-state index < -0.39 is 0 Å². The first kappa shape index (κ1) is 23.8. The predicted molar refractivity (Wildman–Crippen MR) is 120 cm³/mol. The average Bonchev–Trinajstić information content (AvgIpc) is 2.69. The minimum atomic E-state index is 0. The summed E-state index contributed by atoms with van der Waals surface area (Å²) in [5, 5.41) is 6.74. The van der Waals surface area contributed by atoms with Gasteiger partial charge in [0.15, 0.2) is 17.5 Å². The van der Waals surface area contributed by atoms with Crippen molar-refractivity contribution < 1.29 is 14.2 Å². The number of guanidine groups is 1. The maximum Gasteiger partial charge on any atom is 0.191 e. The summed E-state index contributed by atoms with van der Waals surface area (Å²) in [7, 11) is 3.29. The molecule has 0 aliphatic carbocycles. The SMILES string of the molecule is CCNC(=NCc1cccc(OC)c1OC)NCC(C)N1CCOCC1.I. The highest BCUT2D eigenvalue weighted by atomic mass is 127. The number of ether oxygens (including phenoxy) is 3. The third-order valence-electron chi connectivity index (χ3n) is 4.47. The smallest absolute Gasteiger partial charge is 0.191 e. The molecule has 1 heterocycles. The third kappa shape index (κ3) is 7.34. The Labute approximate surface area is 179 Å². The van der Waals surface area contributed by atoms with Crippen molar-refractivity contribution in [2.75, 3.05) is 53.6 Å². The van der Waals surface area contributed by atoms with Gasteiger partial charge in [0.05, 0.1) is 34.0 Å². The van der Waals surface area contributed by atoms with E-state index in [1.54, 1.807) is 14.2 Å². The van der Waals surface area contributed by atoms with Crippen LogP contribution in [0.1, 0.15) is 19.4 Å². The topological polar surface area (TPSA) is 67.4 Å². The number of benzene rings is 1. The summed E-state index contributed by atoms with van der Waals surface area (Å²) in [4.78, 5) is 7.14. The van der Waals surface area contributed by atoms with Crippen LogP contribution >= 0.6 is 24.0 Å². The van der Waals surface area contributed by atoms with E-state index in [-0.39, 0.29) is 24.0 Å². The molecule has 2 rings (SSSR count). The Hall–Kier alpha value is -1.26. The molecule has 1 saturated heterocycles. The summed E-state index contributed by atoms with van der Waals surface area (Å²) < 4.78 is 16.3. The summed E-state index contributed by atoms with van der Waals surface area (Å²) in [5.41, 5.74) is 0.991. The van der Waals surface area contributed by atoms with E-state index in [2.05, 4.69) is 29.4 Å². The van der Waals surface area contributed by atoms with Gasteiger partial charge >= 0.3 is 0 Å². The van der Waals surface area contributed by atoms with E-state index in [0.717, 1.165) is 62.4 Å². The van der Waals surface area contributed by atoms with E-state index in [9.17, 15) is 0 Å². The summed E-state index contributed by atoms with van der Waals surface area (Å²) in [6.45, 7) is 10.1. The molecule has 2 N–H and O–H groups in total. The average molecular weight is 492 g/mol. The number of methoxy groups -OCH3 is 2. The first-order valence-corrected chi connectivity index (χ1v) is 9.23. The van der Waals surface area contributed by atoms with Gasteiger partial charge in [0.25, 0.3) is 0 Å². The summed E-state index contributed by atoms with van der Waals surface area (Å²) in [5.74, 6) is 2.26. The summed E-state index contributed by atoms with van der Waals surface area (Å²) in [6, 6.07) is 6.27. The van der Waals surface area contributed by atoms with Gasteiger partial charge < -0.3 is 24.8 Å². The predicted octanol–water partition coefficient (Wildman–Crippen LogP) is 2.10. The van der Waals surface area contributed by atoms with Crippen LogP contribution < -0.4 is 20.1 Å². The van der Waals surface area contributed by atoms with Gasteiger partial charge in [-0.15, -0.1) is 24.0 Å². The standard InChI is InChI=1S/C19H32N4O3.HI/c1-5-20-19(21-13-15(2)23-9-11-26-12-10-23)22-14-16-7-6-8-17(24-3)18(16)25-4;/h6-8,15H,5,9-14H2,1-4H3,(H2,20,21,22);1H. The number of morpholine rings is 1. The molecule has 7 nitrogen and oxygen atoms in total. The molecule has 1 aromatic rings. The molecule has 1 atom stereocenters. The molecule has 1 fully saturated rings. The molecule has 8 heteroatoms. The number of halogens is 1. The lowest BCUT2D eigenvalue weighted by Crippen LogP contribution is -2.49. The van der Waals surface area contributed by atoms with Crippen LogP contribution in [0.2, 0.25) is 0 Å². The van der Waals surface area contributed by atoms with Gasteiger partial charge in [0.2, 0.25) is 0 Å². The number of aliphatic imine (C=N–C) groups is 1. The second kappa shape index (κ2) is 13.0. The zero-order valence-corrected chi connectivity index (χ0v) is 19.1. The molecule has 0 bridgehead atoms. The summed E-state index contributed by atoms with van der Waals surface area (Å²) in [6.07, 6.45) is 0. The van der Waals surface area contributed by atoms with Crippen molar-refractivity contribution in [3.05, 3.63) is 23.8 Å². The zero-order chi connectivity index (χ0) is 18.8. The fourth-order valence-corrected chi connectivity index (χ4v) is 2.98. The van der Waals surface area contributed by atoms with Crippen LogP contribution in [-0.4, -0.2) is 70.5 Å². The van der Waals surface area contributed by atoms with Gasteiger partial charge in [-0.25, -0.2) is 4.99 Å². The van der Waals surface area contributed by atoms with Crippen molar-refractivity contribution in [2.24, 2.45) is 4.99 Å². The quantitative estimate of drug-likeness (QED) is 0.329. The van der Waals surface area contributed by atoms with E-state index in [1.165, 1.54) is 0 Å². The largest absolute Gasteiger partial charge is 0.493 e. The van der Waals surface area contributed by atoms with Gasteiger partial charge in [-0.2, -0.15) is 0 Å². The molecular formula is C19H33IN4O3. The van der Waals surface area contributed by atoms with Gasteiger partial charge in [0, 0.05) is 37.8 Å². The van der Waals surface area contributed by atoms with Crippen molar-refractivity contribution in [3.8, 4) is 11.5 Å². The maximum atomic E-state index is 5.48. The van der Waals surface area contributed by atoms with Gasteiger partial charge in [-0.3, -0.25) is 4.90 Å². The van der Waals surface area contributed by atoms with E-state index in [1.807, 2.05) is 18.2 Å². The van der Waals surface area contributed by atoms with Crippen molar-refractivity contribution >= 4 is 29.9 Å². The second-order valence-electron chi connectivity index (χ2n) is 6.23. The van der Waals surface area contributed by atoms with Gasteiger partial charge in [-0.1, -0.05) is 12.1 Å². The van der Waals surface area contributed by atoms with Gasteiger partial charge in [0.1, 0.15) is 0 Å². The molecule has 1 aliphatic rings. The molecule has 1 aromatic carbocycles. The van der Waals surface area contributed by atoms with E-state index >= 15 is 0 Å². The van der Waals surface area contributed by atoms with Crippen LogP contribution in [0, 0.1) is 0 Å². The van der Waals surface area contributed by atoms with Crippen LogP contribution in [0.5, 0.6) is 11.5 Å². The molecule has 1 aliphatic heterocycles. The van der Waals surface area contributed by atoms with Crippen LogP contribution in [0.15, 0.2) is 23.2 Å². The third-order valence-corrected chi connectivity index (χ3v) is 4.47. The van der Waals surface area contributed by atoms with Crippen molar-refractivity contribution in [1.29, 1.82) is 0 Å². The molecule has 0 spiro atoms. The highest BCUT2D eigenvalue weighted by Crippen LogP contribution is 2.30. The Balaban J connectivity index is 0.00000364. The Bertz CT molecular complexity index is 580. The Morgan fingerprint density at radius 1 is 1.22 bits per heavy atom. The fourth-order valence-electron chi connectivity index (χ4n) is 2.98. The minimum Gasteiger partial charge on any atom is -0.493 e. The number of para-hydroxylation sites is 1. The lowest BCUT2D eigenvalue weighted by Gasteiger charge is -2.32. The molecule has 1 unspecified atom stereocenters. The molecule has 0 radical (unpaired) electrons. The number of hydrogen-bond acceptors (Lipinski definition) is 5. The molecule has 0 saturated carbocycles. The monoisotopic (exact) mass is 492 g/mol.